The van der Waals surface area contributed by atoms with Gasteiger partial charge >= 0.3 is 0 Å². The van der Waals surface area contributed by atoms with Gasteiger partial charge in [0.15, 0.2) is 11.5 Å². The third-order valence-corrected chi connectivity index (χ3v) is 17.2. The normalized spacial score (nSPS) is 17.3. The Labute approximate surface area is 406 Å². The number of hydrogen-bond acceptors (Lipinski definition) is 6. The lowest BCUT2D eigenvalue weighted by atomic mass is 9.33. The Morgan fingerprint density at radius 2 is 1.28 bits per heavy atom. The molecule has 1 aliphatic carbocycles. The quantitative estimate of drug-likeness (QED) is 0.164. The Morgan fingerprint density at radius 3 is 2.16 bits per heavy atom. The van der Waals surface area contributed by atoms with Crippen LogP contribution in [0.4, 0.5) is 34.1 Å². The lowest BCUT2D eigenvalue weighted by Gasteiger charge is -2.45. The smallest absolute Gasteiger partial charge is 0.252 e. The zero-order chi connectivity index (χ0) is 45.4. The van der Waals surface area contributed by atoms with Crippen LogP contribution in [0.1, 0.15) is 43.4 Å². The van der Waals surface area contributed by atoms with Crippen molar-refractivity contribution in [1.29, 1.82) is 0 Å². The molecule has 0 N–H and O–H groups in total. The molecule has 5 aliphatic rings. The number of thioether (sulfide) groups is 1. The van der Waals surface area contributed by atoms with E-state index in [0.717, 1.165) is 34.2 Å². The lowest BCUT2D eigenvalue weighted by Crippen LogP contribution is -2.61. The summed E-state index contributed by atoms with van der Waals surface area (Å²) in [5.41, 5.74) is 19.5. The molecule has 14 rings (SSSR count). The average molecular weight is 915 g/mol. The Morgan fingerprint density at radius 1 is 0.574 bits per heavy atom. The second kappa shape index (κ2) is 15.0. The summed E-state index contributed by atoms with van der Waals surface area (Å²) in [6, 6.07) is 57.7. The first-order valence-electron chi connectivity index (χ1n) is 23.8. The van der Waals surface area contributed by atoms with Crippen LogP contribution in [0.5, 0.6) is 11.5 Å². The van der Waals surface area contributed by atoms with E-state index < -0.39 is 0 Å². The van der Waals surface area contributed by atoms with Crippen LogP contribution >= 0.6 is 23.1 Å². The number of hydrogen-bond donors (Lipinski definition) is 0. The molecule has 0 saturated heterocycles. The summed E-state index contributed by atoms with van der Waals surface area (Å²) < 4.78 is 15.4. The van der Waals surface area contributed by atoms with Crippen molar-refractivity contribution in [3.8, 4) is 33.8 Å². The van der Waals surface area contributed by atoms with Gasteiger partial charge in [-0.3, -0.25) is 0 Å². The molecule has 8 aromatic carbocycles. The number of para-hydroxylation sites is 1. The van der Waals surface area contributed by atoms with Gasteiger partial charge in [0, 0.05) is 64.7 Å². The van der Waals surface area contributed by atoms with E-state index in [1.165, 1.54) is 91.8 Å². The van der Waals surface area contributed by atoms with E-state index in [9.17, 15) is 0 Å². The van der Waals surface area contributed by atoms with E-state index in [1.54, 1.807) is 0 Å². The highest BCUT2D eigenvalue weighted by atomic mass is 32.2. The molecule has 0 bridgehead atoms. The topological polar surface area (TPSA) is 24.9 Å². The minimum Gasteiger partial charge on any atom is -0.486 e. The number of thiophene rings is 1. The van der Waals surface area contributed by atoms with Crippen LogP contribution in [0.25, 0.3) is 42.4 Å². The summed E-state index contributed by atoms with van der Waals surface area (Å²) in [4.78, 5) is 6.37. The molecule has 328 valence electrons. The maximum absolute atomic E-state index is 6.52. The molecular weight excluding hydrogens is 868 g/mol. The minimum absolute atomic E-state index is 0.0401. The molecular formula is C61H47BN2O2S2. The van der Waals surface area contributed by atoms with Gasteiger partial charge in [-0.1, -0.05) is 130 Å². The second-order valence-electron chi connectivity index (χ2n) is 19.9. The Kier molecular flexibility index (Phi) is 8.88. The van der Waals surface area contributed by atoms with Crippen molar-refractivity contribution in [2.45, 2.75) is 49.2 Å². The highest BCUT2D eigenvalue weighted by Crippen LogP contribution is 2.52. The summed E-state index contributed by atoms with van der Waals surface area (Å²) in [7, 11) is 0. The zero-order valence-electron chi connectivity index (χ0n) is 38.4. The van der Waals surface area contributed by atoms with Gasteiger partial charge in [-0.2, -0.15) is 0 Å². The molecule has 7 heteroatoms. The molecule has 4 aliphatic heterocycles. The monoisotopic (exact) mass is 914 g/mol. The Hall–Kier alpha value is -6.93. The average Bonchev–Trinajstić information content (AvgIpc) is 3.93. The molecule has 0 fully saturated rings. The van der Waals surface area contributed by atoms with Gasteiger partial charge in [-0.15, -0.1) is 23.1 Å². The van der Waals surface area contributed by atoms with Crippen LogP contribution in [-0.2, 0) is 5.41 Å². The third-order valence-electron chi connectivity index (χ3n) is 14.8. The standard InChI is InChI=1S/C61H47BN2O2S2/c1-36-30-52-59-53(31-36)64(51-12-9-13-54-60(51)66-29-28-65-54)50-27-21-41(61(2,3)4)35-48(50)62(59)47-32-38(40-19-25-46-44-11-6-8-15-56(44)68-58(46)34-40)20-26-49(47)63(52)42-22-16-37(17-23-42)39-18-24-45-43-10-5-7-14-55(43)67-57(45)33-39/h5-27,30-35,43,55H,28-29H2,1-4H3. The van der Waals surface area contributed by atoms with Crippen LogP contribution in [0.15, 0.2) is 181 Å². The Bertz CT molecular complexity index is 3660. The second-order valence-corrected chi connectivity index (χ2v) is 22.2. The molecule has 1 aromatic heterocycles. The number of nitrogens with zero attached hydrogens (tertiary/aromatic N) is 2. The van der Waals surface area contributed by atoms with Crippen molar-refractivity contribution in [1.82, 2.24) is 0 Å². The largest absolute Gasteiger partial charge is 0.486 e. The van der Waals surface area contributed by atoms with E-state index in [-0.39, 0.29) is 12.1 Å². The van der Waals surface area contributed by atoms with E-state index in [2.05, 4.69) is 207 Å². The van der Waals surface area contributed by atoms with Crippen molar-refractivity contribution in [2.75, 3.05) is 23.0 Å². The number of aryl methyl sites for hydroxylation is 1. The van der Waals surface area contributed by atoms with Gasteiger partial charge in [0.1, 0.15) is 13.2 Å². The lowest BCUT2D eigenvalue weighted by molar-refractivity contribution is 0.172. The maximum atomic E-state index is 6.52. The number of benzene rings is 8. The summed E-state index contributed by atoms with van der Waals surface area (Å²) in [5.74, 6) is 2.03. The molecule has 5 heterocycles. The van der Waals surface area contributed by atoms with Gasteiger partial charge in [0.25, 0.3) is 6.71 Å². The van der Waals surface area contributed by atoms with Crippen LogP contribution in [-0.4, -0.2) is 25.2 Å². The van der Waals surface area contributed by atoms with E-state index >= 15 is 0 Å². The van der Waals surface area contributed by atoms with Crippen molar-refractivity contribution < 1.29 is 9.47 Å². The summed E-state index contributed by atoms with van der Waals surface area (Å²) in [6.45, 7) is 10.2. The number of fused-ring (bicyclic) bond motifs is 11. The third kappa shape index (κ3) is 6.14. The van der Waals surface area contributed by atoms with Gasteiger partial charge < -0.3 is 19.3 Å². The highest BCUT2D eigenvalue weighted by molar-refractivity contribution is 8.00. The van der Waals surface area contributed by atoms with Gasteiger partial charge in [0.2, 0.25) is 0 Å². The first-order chi connectivity index (χ1) is 33.2. The van der Waals surface area contributed by atoms with Crippen LogP contribution in [0.2, 0.25) is 0 Å². The molecule has 2 atom stereocenters. The molecule has 0 radical (unpaired) electrons. The highest BCUT2D eigenvalue weighted by Gasteiger charge is 2.45. The fraction of sp³-hybridized carbons (Fsp3) is 0.148. The van der Waals surface area contributed by atoms with Crippen LogP contribution in [0, 0.1) is 6.92 Å². The van der Waals surface area contributed by atoms with Crippen LogP contribution in [0.3, 0.4) is 0 Å². The minimum atomic E-state index is -0.0598. The summed E-state index contributed by atoms with van der Waals surface area (Å²) in [6.07, 6.45) is 9.08. The molecule has 2 unspecified atom stereocenters. The predicted molar refractivity (Wildman–Crippen MR) is 289 cm³/mol. The van der Waals surface area contributed by atoms with Gasteiger partial charge in [-0.05, 0) is 134 Å². The first-order valence-corrected chi connectivity index (χ1v) is 25.5. The van der Waals surface area contributed by atoms with Gasteiger partial charge in [0.05, 0.1) is 5.69 Å². The number of anilines is 6. The fourth-order valence-corrected chi connectivity index (χ4v) is 14.0. The molecule has 0 saturated carbocycles. The van der Waals surface area contributed by atoms with Crippen molar-refractivity contribution in [3.63, 3.8) is 0 Å². The fourth-order valence-electron chi connectivity index (χ4n) is 11.5. The molecule has 68 heavy (non-hydrogen) atoms. The predicted octanol–water partition coefficient (Wildman–Crippen LogP) is 14.5. The Balaban J connectivity index is 0.980. The zero-order valence-corrected chi connectivity index (χ0v) is 40.0. The first kappa shape index (κ1) is 40.2. The molecule has 4 nitrogen and oxygen atoms in total. The molecule has 9 aromatic rings. The van der Waals surface area contributed by atoms with Crippen molar-refractivity contribution in [3.05, 3.63) is 193 Å². The summed E-state index contributed by atoms with van der Waals surface area (Å²) >= 11 is 3.87. The number of ether oxygens (including phenoxy) is 2. The van der Waals surface area contributed by atoms with Crippen molar-refractivity contribution >= 4 is 100 Å². The van der Waals surface area contributed by atoms with E-state index in [1.807, 2.05) is 29.2 Å². The SMILES string of the molecule is Cc1cc2c3c(c1)N(c1cccc4c1OCCO4)c1ccc(C(C)(C)C)cc1B3c1cc(-c3ccc4c(c3)sc3ccccc34)ccc1N2c1ccc(-c2ccc3c(c2)SC2C=CC=CC32)cc1. The van der Waals surface area contributed by atoms with E-state index in [0.29, 0.717) is 24.4 Å². The van der Waals surface area contributed by atoms with Crippen LogP contribution < -0.4 is 35.7 Å². The maximum Gasteiger partial charge on any atom is 0.252 e. The molecule has 0 amide bonds. The van der Waals surface area contributed by atoms with E-state index in [4.69, 9.17) is 9.47 Å². The number of allylic oxidation sites excluding steroid dienone is 3. The molecule has 0 spiro atoms. The summed E-state index contributed by atoms with van der Waals surface area (Å²) in [5, 5.41) is 3.12. The van der Waals surface area contributed by atoms with Gasteiger partial charge in [-0.25, -0.2) is 0 Å². The van der Waals surface area contributed by atoms with Crippen molar-refractivity contribution in [2.24, 2.45) is 0 Å². The number of rotatable bonds is 4.